The van der Waals surface area contributed by atoms with Crippen molar-refractivity contribution < 1.29 is 13.6 Å². The molecule has 20 heavy (non-hydrogen) atoms. The molecule has 0 radical (unpaired) electrons. The summed E-state index contributed by atoms with van der Waals surface area (Å²) < 4.78 is 26.7. The Morgan fingerprint density at radius 1 is 1.30 bits per heavy atom. The molecule has 0 spiro atoms. The number of amides is 1. The number of hydrogen-bond donors (Lipinski definition) is 2. The maximum Gasteiger partial charge on any atom is 0.222 e. The highest BCUT2D eigenvalue weighted by Gasteiger charge is 2.22. The van der Waals surface area contributed by atoms with Gasteiger partial charge in [0.2, 0.25) is 5.91 Å². The van der Waals surface area contributed by atoms with Crippen LogP contribution in [0.1, 0.15) is 38.8 Å². The number of carbonyl (C=O) groups excluding carboxylic acids is 1. The first-order chi connectivity index (χ1) is 8.81. The number of carbonyl (C=O) groups is 1. The molecule has 6 heteroatoms. The first-order valence-corrected chi connectivity index (χ1v) is 6.31. The molecular weight excluding hydrogens is 286 g/mol. The smallest absolute Gasteiger partial charge is 0.222 e. The third-order valence-electron chi connectivity index (χ3n) is 2.79. The minimum Gasteiger partial charge on any atom is -0.349 e. The van der Waals surface area contributed by atoms with Crippen LogP contribution in [0.5, 0.6) is 0 Å². The van der Waals surface area contributed by atoms with Crippen molar-refractivity contribution in [2.45, 2.75) is 39.3 Å². The number of halogens is 3. The molecule has 0 heterocycles. The summed E-state index contributed by atoms with van der Waals surface area (Å²) in [4.78, 5) is 11.7. The topological polar surface area (TPSA) is 55.1 Å². The standard InChI is InChI=1S/C14H20F2N2O.ClH/c1-8(2)14(18-13(19)6-9(3)17)11-5-4-10(15)7-12(11)16;/h4-5,7-9,14H,6,17H2,1-3H3,(H,18,19);1H. The maximum absolute atomic E-state index is 13.8. The zero-order valence-corrected chi connectivity index (χ0v) is 12.6. The molecule has 0 aliphatic heterocycles. The van der Waals surface area contributed by atoms with Crippen molar-refractivity contribution >= 4 is 18.3 Å². The van der Waals surface area contributed by atoms with Crippen LogP contribution in [0.15, 0.2) is 18.2 Å². The zero-order valence-electron chi connectivity index (χ0n) is 11.8. The second-order valence-corrected chi connectivity index (χ2v) is 5.14. The van der Waals surface area contributed by atoms with Crippen LogP contribution in [0.4, 0.5) is 8.78 Å². The second kappa shape index (κ2) is 8.17. The van der Waals surface area contributed by atoms with Gasteiger partial charge in [-0.2, -0.15) is 0 Å². The lowest BCUT2D eigenvalue weighted by Gasteiger charge is -2.24. The SMILES string of the molecule is CC(N)CC(=O)NC(c1ccc(F)cc1F)C(C)C.Cl. The molecule has 3 N–H and O–H groups in total. The van der Waals surface area contributed by atoms with Gasteiger partial charge in [0.15, 0.2) is 0 Å². The van der Waals surface area contributed by atoms with Gasteiger partial charge in [-0.1, -0.05) is 19.9 Å². The van der Waals surface area contributed by atoms with Gasteiger partial charge >= 0.3 is 0 Å². The number of nitrogens with one attached hydrogen (secondary N) is 1. The molecule has 1 aromatic rings. The van der Waals surface area contributed by atoms with Crippen molar-refractivity contribution in [3.05, 3.63) is 35.4 Å². The van der Waals surface area contributed by atoms with Gasteiger partial charge in [-0.3, -0.25) is 4.79 Å². The quantitative estimate of drug-likeness (QED) is 0.879. The van der Waals surface area contributed by atoms with E-state index < -0.39 is 17.7 Å². The van der Waals surface area contributed by atoms with Crippen LogP contribution in [0.3, 0.4) is 0 Å². The Morgan fingerprint density at radius 3 is 2.35 bits per heavy atom. The van der Waals surface area contributed by atoms with E-state index in [9.17, 15) is 13.6 Å². The van der Waals surface area contributed by atoms with Gasteiger partial charge in [0.1, 0.15) is 11.6 Å². The van der Waals surface area contributed by atoms with E-state index >= 15 is 0 Å². The van der Waals surface area contributed by atoms with Gasteiger partial charge in [-0.15, -0.1) is 12.4 Å². The molecular formula is C14H21ClF2N2O. The summed E-state index contributed by atoms with van der Waals surface area (Å²) in [6, 6.07) is 2.62. The van der Waals surface area contributed by atoms with Gasteiger partial charge in [-0.05, 0) is 18.9 Å². The van der Waals surface area contributed by atoms with Gasteiger partial charge < -0.3 is 11.1 Å². The van der Waals surface area contributed by atoms with Crippen molar-refractivity contribution in [2.75, 3.05) is 0 Å². The highest BCUT2D eigenvalue weighted by atomic mass is 35.5. The molecule has 0 aliphatic rings. The molecule has 0 fully saturated rings. The summed E-state index contributed by atoms with van der Waals surface area (Å²) in [6.07, 6.45) is 0.173. The molecule has 0 saturated carbocycles. The predicted molar refractivity (Wildman–Crippen MR) is 77.6 cm³/mol. The summed E-state index contributed by atoms with van der Waals surface area (Å²) in [5.41, 5.74) is 5.84. The van der Waals surface area contributed by atoms with Gasteiger partial charge in [0.05, 0.1) is 6.04 Å². The van der Waals surface area contributed by atoms with Crippen LogP contribution in [0.2, 0.25) is 0 Å². The maximum atomic E-state index is 13.8. The average molecular weight is 307 g/mol. The summed E-state index contributed by atoms with van der Waals surface area (Å²) in [5, 5.41) is 2.74. The molecule has 3 nitrogen and oxygen atoms in total. The van der Waals surface area contributed by atoms with E-state index in [1.54, 1.807) is 6.92 Å². The third kappa shape index (κ3) is 5.43. The van der Waals surface area contributed by atoms with E-state index in [1.165, 1.54) is 12.1 Å². The highest BCUT2D eigenvalue weighted by molar-refractivity contribution is 5.85. The van der Waals surface area contributed by atoms with Crippen LogP contribution in [0.25, 0.3) is 0 Å². The van der Waals surface area contributed by atoms with E-state index in [2.05, 4.69) is 5.32 Å². The molecule has 2 atom stereocenters. The summed E-state index contributed by atoms with van der Waals surface area (Å²) in [6.45, 7) is 5.45. The van der Waals surface area contributed by atoms with Crippen molar-refractivity contribution in [2.24, 2.45) is 11.7 Å². The fraction of sp³-hybridized carbons (Fsp3) is 0.500. The largest absolute Gasteiger partial charge is 0.349 e. The Kier molecular flexibility index (Phi) is 7.68. The van der Waals surface area contributed by atoms with Gasteiger partial charge in [0.25, 0.3) is 0 Å². The fourth-order valence-electron chi connectivity index (χ4n) is 1.88. The molecule has 0 aliphatic carbocycles. The van der Waals surface area contributed by atoms with Gasteiger partial charge in [0, 0.05) is 24.1 Å². The molecule has 1 aromatic carbocycles. The molecule has 2 unspecified atom stereocenters. The van der Waals surface area contributed by atoms with E-state index in [-0.39, 0.29) is 42.3 Å². The van der Waals surface area contributed by atoms with Crippen molar-refractivity contribution in [1.82, 2.24) is 5.32 Å². The van der Waals surface area contributed by atoms with Crippen molar-refractivity contribution in [1.29, 1.82) is 0 Å². The monoisotopic (exact) mass is 306 g/mol. The van der Waals surface area contributed by atoms with Crippen LogP contribution in [-0.2, 0) is 4.79 Å². The lowest BCUT2D eigenvalue weighted by atomic mass is 9.95. The van der Waals surface area contributed by atoms with E-state index in [1.807, 2.05) is 13.8 Å². The lowest BCUT2D eigenvalue weighted by molar-refractivity contribution is -0.122. The number of benzene rings is 1. The van der Waals surface area contributed by atoms with E-state index in [4.69, 9.17) is 5.73 Å². The number of hydrogen-bond acceptors (Lipinski definition) is 2. The number of nitrogens with two attached hydrogens (primary N) is 1. The molecule has 1 amide bonds. The highest BCUT2D eigenvalue weighted by Crippen LogP contribution is 2.25. The van der Waals surface area contributed by atoms with Crippen LogP contribution in [0, 0.1) is 17.6 Å². The van der Waals surface area contributed by atoms with Crippen LogP contribution < -0.4 is 11.1 Å². The van der Waals surface area contributed by atoms with Crippen LogP contribution >= 0.6 is 12.4 Å². The van der Waals surface area contributed by atoms with E-state index in [0.717, 1.165) is 6.07 Å². The average Bonchev–Trinajstić information content (AvgIpc) is 2.25. The Labute approximate surface area is 124 Å². The normalized spacial score (nSPS) is 13.6. The Bertz CT molecular complexity index is 453. The minimum absolute atomic E-state index is 0. The molecule has 0 aromatic heterocycles. The third-order valence-corrected chi connectivity index (χ3v) is 2.79. The molecule has 1 rings (SSSR count). The Balaban J connectivity index is 0.00000361. The number of rotatable bonds is 5. The van der Waals surface area contributed by atoms with E-state index in [0.29, 0.717) is 0 Å². The van der Waals surface area contributed by atoms with Gasteiger partial charge in [-0.25, -0.2) is 8.78 Å². The molecule has 114 valence electrons. The fourth-order valence-corrected chi connectivity index (χ4v) is 1.88. The minimum atomic E-state index is -0.653. The van der Waals surface area contributed by atoms with Crippen molar-refractivity contribution in [3.8, 4) is 0 Å². The second-order valence-electron chi connectivity index (χ2n) is 5.14. The Hall–Kier alpha value is -1.20. The molecule has 0 bridgehead atoms. The first-order valence-electron chi connectivity index (χ1n) is 6.31. The summed E-state index contributed by atoms with van der Waals surface area (Å²) >= 11 is 0. The summed E-state index contributed by atoms with van der Waals surface area (Å²) in [5.74, 6) is -1.54. The zero-order chi connectivity index (χ0) is 14.6. The summed E-state index contributed by atoms with van der Waals surface area (Å²) in [7, 11) is 0. The first kappa shape index (κ1) is 18.8. The lowest BCUT2D eigenvalue weighted by Crippen LogP contribution is -2.35. The molecule has 0 saturated heterocycles. The predicted octanol–water partition coefficient (Wildman–Crippen LogP) is 2.94. The Morgan fingerprint density at radius 2 is 1.90 bits per heavy atom. The van der Waals surface area contributed by atoms with Crippen LogP contribution in [-0.4, -0.2) is 11.9 Å². The van der Waals surface area contributed by atoms with Crippen molar-refractivity contribution in [3.63, 3.8) is 0 Å².